The van der Waals surface area contributed by atoms with Gasteiger partial charge in [-0.1, -0.05) is 152 Å². The molecule has 7 aromatic rings. The molecule has 0 amide bonds. The lowest BCUT2D eigenvalue weighted by Crippen LogP contribution is -2.48. The fraction of sp³-hybridized carbons (Fsp3) is 0.192. The monoisotopic (exact) mass is 683 g/mol. The third kappa shape index (κ3) is 6.09. The van der Waals surface area contributed by atoms with Crippen LogP contribution in [0.25, 0.3) is 44.5 Å². The Labute approximate surface area is 314 Å². The maximum absolute atomic E-state index is 2.46. The molecule has 11 rings (SSSR count). The Morgan fingerprint density at radius 1 is 0.340 bits per heavy atom. The molecule has 0 saturated heterocycles. The minimum atomic E-state index is 0.452. The van der Waals surface area contributed by atoms with E-state index in [4.69, 9.17) is 0 Å². The Morgan fingerprint density at radius 2 is 0.698 bits per heavy atom. The quantitative estimate of drug-likeness (QED) is 0.154. The van der Waals surface area contributed by atoms with Crippen LogP contribution in [0, 0.1) is 17.8 Å². The van der Waals surface area contributed by atoms with E-state index in [-0.39, 0.29) is 0 Å². The molecular weight excluding hydrogens is 639 g/mol. The zero-order valence-corrected chi connectivity index (χ0v) is 30.2. The Bertz CT molecular complexity index is 2280. The first-order valence-electron chi connectivity index (χ1n) is 19.6. The van der Waals surface area contributed by atoms with Crippen molar-refractivity contribution in [3.8, 4) is 44.5 Å². The predicted molar refractivity (Wildman–Crippen MR) is 223 cm³/mol. The van der Waals surface area contributed by atoms with Gasteiger partial charge in [0, 0.05) is 16.9 Å². The molecule has 7 aromatic carbocycles. The van der Waals surface area contributed by atoms with Crippen LogP contribution in [0.2, 0.25) is 0 Å². The number of para-hydroxylation sites is 1. The standard InChI is InChI=1S/C52H45N/c1-3-9-40(10-4-1)44-21-27-48(28-22-44)53(51-14-8-7-13-50(51)46-11-5-2-6-12-46)49-29-23-45(24-30-49)42-17-15-41(16-18-42)43-19-25-47(26-20-43)52-34-37-31-38(35-52)33-39(32-37)36-52/h1-30,37-39H,31-36H2. The normalized spacial score (nSPS) is 21.4. The highest BCUT2D eigenvalue weighted by Gasteiger charge is 2.51. The molecule has 0 aromatic heterocycles. The van der Waals surface area contributed by atoms with Crippen LogP contribution in [-0.2, 0) is 5.41 Å². The van der Waals surface area contributed by atoms with Crippen molar-refractivity contribution in [2.75, 3.05) is 4.90 Å². The van der Waals surface area contributed by atoms with E-state index in [1.165, 1.54) is 83.0 Å². The zero-order chi connectivity index (χ0) is 35.2. The summed E-state index contributed by atoms with van der Waals surface area (Å²) in [4.78, 5) is 2.39. The van der Waals surface area contributed by atoms with Gasteiger partial charge in [-0.05, 0) is 137 Å². The van der Waals surface area contributed by atoms with Gasteiger partial charge in [0.05, 0.1) is 5.69 Å². The van der Waals surface area contributed by atoms with Crippen molar-refractivity contribution in [2.45, 2.75) is 43.9 Å². The molecule has 0 unspecified atom stereocenters. The van der Waals surface area contributed by atoms with E-state index in [1.54, 1.807) is 5.56 Å². The third-order valence-electron chi connectivity index (χ3n) is 12.7. The number of anilines is 3. The molecule has 0 N–H and O–H groups in total. The predicted octanol–water partition coefficient (Wildman–Crippen LogP) is 14.3. The summed E-state index contributed by atoms with van der Waals surface area (Å²) in [5.41, 5.74) is 15.3. The maximum Gasteiger partial charge on any atom is 0.0540 e. The Kier molecular flexibility index (Phi) is 8.09. The summed E-state index contributed by atoms with van der Waals surface area (Å²) in [6.45, 7) is 0. The van der Waals surface area contributed by atoms with Crippen molar-refractivity contribution >= 4 is 17.1 Å². The van der Waals surface area contributed by atoms with Crippen LogP contribution in [0.4, 0.5) is 17.1 Å². The molecule has 0 heterocycles. The van der Waals surface area contributed by atoms with Crippen molar-refractivity contribution in [1.82, 2.24) is 0 Å². The number of benzene rings is 7. The molecule has 0 atom stereocenters. The van der Waals surface area contributed by atoms with E-state index in [1.807, 2.05) is 0 Å². The van der Waals surface area contributed by atoms with Gasteiger partial charge in [0.2, 0.25) is 0 Å². The molecule has 4 aliphatic carbocycles. The molecule has 0 spiro atoms. The van der Waals surface area contributed by atoms with Crippen LogP contribution in [-0.4, -0.2) is 0 Å². The Morgan fingerprint density at radius 3 is 1.17 bits per heavy atom. The fourth-order valence-electron chi connectivity index (χ4n) is 10.5. The van der Waals surface area contributed by atoms with E-state index >= 15 is 0 Å². The first-order chi connectivity index (χ1) is 26.2. The van der Waals surface area contributed by atoms with E-state index < -0.39 is 0 Å². The summed E-state index contributed by atoms with van der Waals surface area (Å²) in [5.74, 6) is 2.92. The van der Waals surface area contributed by atoms with Crippen LogP contribution in [0.1, 0.15) is 44.1 Å². The van der Waals surface area contributed by atoms with Gasteiger partial charge in [-0.15, -0.1) is 0 Å². The average Bonchev–Trinajstić information content (AvgIpc) is 3.22. The molecule has 258 valence electrons. The molecule has 4 aliphatic rings. The first-order valence-corrected chi connectivity index (χ1v) is 19.6. The summed E-state index contributed by atoms with van der Waals surface area (Å²) < 4.78 is 0. The average molecular weight is 684 g/mol. The molecule has 1 nitrogen and oxygen atoms in total. The van der Waals surface area contributed by atoms with Crippen LogP contribution < -0.4 is 4.90 Å². The highest BCUT2D eigenvalue weighted by molar-refractivity contribution is 5.89. The van der Waals surface area contributed by atoms with Gasteiger partial charge < -0.3 is 4.90 Å². The fourth-order valence-corrected chi connectivity index (χ4v) is 10.5. The van der Waals surface area contributed by atoms with Crippen LogP contribution in [0.15, 0.2) is 182 Å². The summed E-state index contributed by atoms with van der Waals surface area (Å²) in [6.07, 6.45) is 8.75. The summed E-state index contributed by atoms with van der Waals surface area (Å²) >= 11 is 0. The van der Waals surface area contributed by atoms with E-state index in [0.717, 1.165) is 34.8 Å². The van der Waals surface area contributed by atoms with Crippen molar-refractivity contribution in [3.63, 3.8) is 0 Å². The highest BCUT2D eigenvalue weighted by Crippen LogP contribution is 2.60. The third-order valence-corrected chi connectivity index (χ3v) is 12.7. The molecule has 0 aliphatic heterocycles. The smallest absolute Gasteiger partial charge is 0.0540 e. The second kappa shape index (κ2) is 13.4. The second-order valence-corrected chi connectivity index (χ2v) is 16.0. The number of hydrogen-bond donors (Lipinski definition) is 0. The molecule has 4 saturated carbocycles. The summed E-state index contributed by atoms with van der Waals surface area (Å²) in [5, 5.41) is 0. The van der Waals surface area contributed by atoms with Gasteiger partial charge in [-0.2, -0.15) is 0 Å². The van der Waals surface area contributed by atoms with Crippen molar-refractivity contribution < 1.29 is 0 Å². The Hall–Kier alpha value is -5.66. The van der Waals surface area contributed by atoms with Gasteiger partial charge >= 0.3 is 0 Å². The van der Waals surface area contributed by atoms with Gasteiger partial charge in [0.15, 0.2) is 0 Å². The van der Waals surface area contributed by atoms with Crippen molar-refractivity contribution in [2.24, 2.45) is 17.8 Å². The molecule has 0 radical (unpaired) electrons. The SMILES string of the molecule is c1ccc(-c2ccc(N(c3ccc(-c4ccc(-c5ccc(C67CC8CC(CC(C8)C6)C7)cc5)cc4)cc3)c3ccccc3-c3ccccc3)cc2)cc1. The first kappa shape index (κ1) is 32.0. The van der Waals surface area contributed by atoms with E-state index in [2.05, 4.69) is 187 Å². The van der Waals surface area contributed by atoms with Crippen LogP contribution in [0.3, 0.4) is 0 Å². The zero-order valence-electron chi connectivity index (χ0n) is 30.2. The number of hydrogen-bond acceptors (Lipinski definition) is 1. The van der Waals surface area contributed by atoms with Crippen LogP contribution in [0.5, 0.6) is 0 Å². The van der Waals surface area contributed by atoms with Crippen molar-refractivity contribution in [1.29, 1.82) is 0 Å². The van der Waals surface area contributed by atoms with Crippen molar-refractivity contribution in [3.05, 3.63) is 188 Å². The van der Waals surface area contributed by atoms with Gasteiger partial charge in [-0.3, -0.25) is 0 Å². The molecule has 4 bridgehead atoms. The lowest BCUT2D eigenvalue weighted by molar-refractivity contribution is -0.00518. The minimum Gasteiger partial charge on any atom is -0.310 e. The molecular formula is C52H45N. The van der Waals surface area contributed by atoms with Gasteiger partial charge in [0.25, 0.3) is 0 Å². The van der Waals surface area contributed by atoms with E-state index in [0.29, 0.717) is 5.41 Å². The minimum absolute atomic E-state index is 0.452. The second-order valence-electron chi connectivity index (χ2n) is 16.0. The summed E-state index contributed by atoms with van der Waals surface area (Å²) in [7, 11) is 0. The Balaban J connectivity index is 0.934. The van der Waals surface area contributed by atoms with Gasteiger partial charge in [-0.25, -0.2) is 0 Å². The molecule has 1 heteroatoms. The van der Waals surface area contributed by atoms with Crippen LogP contribution >= 0.6 is 0 Å². The van der Waals surface area contributed by atoms with Gasteiger partial charge in [0.1, 0.15) is 0 Å². The lowest BCUT2D eigenvalue weighted by Gasteiger charge is -2.57. The summed E-state index contributed by atoms with van der Waals surface area (Å²) in [6, 6.07) is 66.9. The topological polar surface area (TPSA) is 3.24 Å². The van der Waals surface area contributed by atoms with E-state index in [9.17, 15) is 0 Å². The molecule has 53 heavy (non-hydrogen) atoms. The number of nitrogens with zero attached hydrogens (tertiary/aromatic N) is 1. The maximum atomic E-state index is 2.46. The highest BCUT2D eigenvalue weighted by atomic mass is 15.1. The lowest BCUT2D eigenvalue weighted by atomic mass is 9.48. The largest absolute Gasteiger partial charge is 0.310 e. The molecule has 4 fully saturated rings. The number of rotatable bonds is 8.